The van der Waals surface area contributed by atoms with E-state index in [-0.39, 0.29) is 6.03 Å². The first kappa shape index (κ1) is 20.3. The van der Waals surface area contributed by atoms with Crippen molar-refractivity contribution in [3.8, 4) is 5.75 Å². The summed E-state index contributed by atoms with van der Waals surface area (Å²) in [5, 5.41) is 5.72. The van der Waals surface area contributed by atoms with Crippen LogP contribution in [0, 0.1) is 6.92 Å². The molecule has 30 heavy (non-hydrogen) atoms. The molecule has 3 aromatic carbocycles. The number of hydrogen-bond donors (Lipinski definition) is 2. The summed E-state index contributed by atoms with van der Waals surface area (Å²) in [4.78, 5) is 16.9. The largest absolute Gasteiger partial charge is 0.493 e. The number of fused-ring (bicyclic) bond motifs is 1. The molecule has 0 bridgehead atoms. The van der Waals surface area contributed by atoms with Crippen LogP contribution >= 0.6 is 23.1 Å². The van der Waals surface area contributed by atoms with E-state index in [9.17, 15) is 4.79 Å². The Labute approximate surface area is 183 Å². The lowest BCUT2D eigenvalue weighted by Gasteiger charge is -2.07. The lowest BCUT2D eigenvalue weighted by atomic mass is 10.2. The highest BCUT2D eigenvalue weighted by atomic mass is 32.2. The summed E-state index contributed by atoms with van der Waals surface area (Å²) < 4.78 is 7.75. The number of ether oxygens (including phenoxy) is 1. The lowest BCUT2D eigenvalue weighted by molar-refractivity contribution is 0.262. The molecule has 0 radical (unpaired) electrons. The van der Waals surface area contributed by atoms with Gasteiger partial charge in [0.1, 0.15) is 5.75 Å². The van der Waals surface area contributed by atoms with Gasteiger partial charge >= 0.3 is 6.03 Å². The van der Waals surface area contributed by atoms with Gasteiger partial charge < -0.3 is 15.4 Å². The van der Waals surface area contributed by atoms with E-state index in [1.54, 1.807) is 23.1 Å². The Morgan fingerprint density at radius 1 is 1.00 bits per heavy atom. The van der Waals surface area contributed by atoms with Crippen molar-refractivity contribution in [1.82, 2.24) is 4.98 Å². The van der Waals surface area contributed by atoms with Crippen molar-refractivity contribution in [2.75, 3.05) is 23.0 Å². The predicted molar refractivity (Wildman–Crippen MR) is 126 cm³/mol. The Morgan fingerprint density at radius 2 is 1.73 bits per heavy atom. The second-order valence-electron chi connectivity index (χ2n) is 6.62. The number of amides is 2. The van der Waals surface area contributed by atoms with Gasteiger partial charge in [-0.2, -0.15) is 0 Å². The summed E-state index contributed by atoms with van der Waals surface area (Å²) in [6.45, 7) is 2.63. The molecule has 0 saturated carbocycles. The first-order valence-electron chi connectivity index (χ1n) is 9.52. The Morgan fingerprint density at radius 3 is 2.53 bits per heavy atom. The van der Waals surface area contributed by atoms with Crippen molar-refractivity contribution in [3.63, 3.8) is 0 Å². The molecule has 2 N–H and O–H groups in total. The van der Waals surface area contributed by atoms with E-state index in [1.165, 1.54) is 0 Å². The molecule has 0 aliphatic heterocycles. The van der Waals surface area contributed by atoms with Gasteiger partial charge in [-0.05, 0) is 49.4 Å². The molecule has 0 unspecified atom stereocenters. The van der Waals surface area contributed by atoms with Crippen LogP contribution in [0.1, 0.15) is 5.56 Å². The van der Waals surface area contributed by atoms with Crippen molar-refractivity contribution in [1.29, 1.82) is 0 Å². The molecule has 4 rings (SSSR count). The lowest BCUT2D eigenvalue weighted by Crippen LogP contribution is -2.19. The fraction of sp³-hybridized carbons (Fsp3) is 0.130. The highest BCUT2D eigenvalue weighted by Crippen LogP contribution is 2.31. The summed E-state index contributed by atoms with van der Waals surface area (Å²) >= 11 is 3.29. The molecule has 1 heterocycles. The monoisotopic (exact) mass is 435 g/mol. The third kappa shape index (κ3) is 5.52. The summed E-state index contributed by atoms with van der Waals surface area (Å²) in [6, 6.07) is 23.0. The first-order chi connectivity index (χ1) is 14.7. The van der Waals surface area contributed by atoms with Crippen molar-refractivity contribution < 1.29 is 9.53 Å². The van der Waals surface area contributed by atoms with Gasteiger partial charge in [-0.25, -0.2) is 9.78 Å². The fourth-order valence-corrected chi connectivity index (χ4v) is 4.77. The van der Waals surface area contributed by atoms with E-state index < -0.39 is 0 Å². The summed E-state index contributed by atoms with van der Waals surface area (Å²) in [6.07, 6.45) is 0. The van der Waals surface area contributed by atoms with E-state index in [0.717, 1.165) is 43.0 Å². The van der Waals surface area contributed by atoms with Gasteiger partial charge in [-0.3, -0.25) is 0 Å². The highest BCUT2D eigenvalue weighted by molar-refractivity contribution is 8.01. The van der Waals surface area contributed by atoms with E-state index in [1.807, 2.05) is 79.7 Å². The third-order valence-corrected chi connectivity index (χ3v) is 6.38. The number of anilines is 2. The number of hydrogen-bond acceptors (Lipinski definition) is 5. The van der Waals surface area contributed by atoms with Crippen molar-refractivity contribution in [2.45, 2.75) is 11.3 Å². The fourth-order valence-electron chi connectivity index (χ4n) is 2.78. The SMILES string of the molecule is Cc1ccc(NC(=O)Nc2ccc3nc(SCCOc4ccccc4)sc3c2)cc1. The zero-order valence-electron chi connectivity index (χ0n) is 16.4. The topological polar surface area (TPSA) is 63.2 Å². The van der Waals surface area contributed by atoms with Gasteiger partial charge in [0.2, 0.25) is 0 Å². The number of thioether (sulfide) groups is 1. The van der Waals surface area contributed by atoms with Crippen LogP contribution in [-0.2, 0) is 0 Å². The normalized spacial score (nSPS) is 10.7. The molecule has 0 spiro atoms. The van der Waals surface area contributed by atoms with Crippen LogP contribution in [0.15, 0.2) is 77.1 Å². The molecule has 0 aliphatic rings. The zero-order chi connectivity index (χ0) is 20.8. The number of rotatable bonds is 7. The number of carbonyl (C=O) groups excluding carboxylic acids is 1. The quantitative estimate of drug-likeness (QED) is 0.260. The molecule has 0 saturated heterocycles. The van der Waals surface area contributed by atoms with Gasteiger partial charge in [0.15, 0.2) is 4.34 Å². The van der Waals surface area contributed by atoms with Gasteiger partial charge in [0, 0.05) is 17.1 Å². The van der Waals surface area contributed by atoms with Crippen LogP contribution in [0.4, 0.5) is 16.2 Å². The van der Waals surface area contributed by atoms with E-state index in [4.69, 9.17) is 4.74 Å². The minimum Gasteiger partial charge on any atom is -0.493 e. The Kier molecular flexibility index (Phi) is 6.51. The predicted octanol–water partition coefficient (Wildman–Crippen LogP) is 6.42. The van der Waals surface area contributed by atoms with Crippen LogP contribution < -0.4 is 15.4 Å². The number of urea groups is 1. The number of thiazole rings is 1. The van der Waals surface area contributed by atoms with Crippen LogP contribution in [0.25, 0.3) is 10.2 Å². The molecule has 5 nitrogen and oxygen atoms in total. The summed E-state index contributed by atoms with van der Waals surface area (Å²) in [5.74, 6) is 1.70. The number of aryl methyl sites for hydroxylation is 1. The summed E-state index contributed by atoms with van der Waals surface area (Å²) in [7, 11) is 0. The average molecular weight is 436 g/mol. The molecule has 152 valence electrons. The standard InChI is InChI=1S/C23H21N3O2S2/c1-16-7-9-17(10-8-16)24-22(27)25-18-11-12-20-21(15-18)30-23(26-20)29-14-13-28-19-5-3-2-4-6-19/h2-12,15H,13-14H2,1H3,(H2,24,25,27). The molecule has 2 amide bonds. The molecule has 4 aromatic rings. The number of aromatic nitrogens is 1. The molecule has 7 heteroatoms. The highest BCUT2D eigenvalue weighted by Gasteiger charge is 2.08. The van der Waals surface area contributed by atoms with E-state index in [2.05, 4.69) is 15.6 Å². The zero-order valence-corrected chi connectivity index (χ0v) is 18.1. The molecular weight excluding hydrogens is 414 g/mol. The minimum atomic E-state index is -0.268. The Bertz CT molecular complexity index is 1130. The van der Waals surface area contributed by atoms with Crippen molar-refractivity contribution in [2.24, 2.45) is 0 Å². The van der Waals surface area contributed by atoms with Crippen LogP contribution in [0.5, 0.6) is 5.75 Å². The van der Waals surface area contributed by atoms with Crippen LogP contribution in [0.3, 0.4) is 0 Å². The minimum absolute atomic E-state index is 0.268. The summed E-state index contributed by atoms with van der Waals surface area (Å²) in [5.41, 5.74) is 3.57. The smallest absolute Gasteiger partial charge is 0.323 e. The average Bonchev–Trinajstić information content (AvgIpc) is 3.16. The second kappa shape index (κ2) is 9.65. The van der Waals surface area contributed by atoms with Gasteiger partial charge in [0.25, 0.3) is 0 Å². The van der Waals surface area contributed by atoms with Crippen LogP contribution in [-0.4, -0.2) is 23.4 Å². The van der Waals surface area contributed by atoms with E-state index in [0.29, 0.717) is 6.61 Å². The number of benzene rings is 3. The third-order valence-electron chi connectivity index (χ3n) is 4.26. The van der Waals surface area contributed by atoms with Crippen molar-refractivity contribution in [3.05, 3.63) is 78.4 Å². The molecule has 0 atom stereocenters. The molecule has 1 aromatic heterocycles. The van der Waals surface area contributed by atoms with Crippen molar-refractivity contribution >= 4 is 50.7 Å². The van der Waals surface area contributed by atoms with E-state index >= 15 is 0 Å². The number of nitrogens with zero attached hydrogens (tertiary/aromatic N) is 1. The number of carbonyl (C=O) groups is 1. The first-order valence-corrected chi connectivity index (χ1v) is 11.3. The number of nitrogens with one attached hydrogen (secondary N) is 2. The molecule has 0 aliphatic carbocycles. The Balaban J connectivity index is 1.31. The maximum Gasteiger partial charge on any atom is 0.323 e. The second-order valence-corrected chi connectivity index (χ2v) is 8.99. The molecule has 0 fully saturated rings. The number of para-hydroxylation sites is 1. The van der Waals surface area contributed by atoms with Crippen LogP contribution in [0.2, 0.25) is 0 Å². The maximum absolute atomic E-state index is 12.2. The van der Waals surface area contributed by atoms with Gasteiger partial charge in [-0.15, -0.1) is 11.3 Å². The van der Waals surface area contributed by atoms with Gasteiger partial charge in [-0.1, -0.05) is 47.7 Å². The maximum atomic E-state index is 12.2. The van der Waals surface area contributed by atoms with Gasteiger partial charge in [0.05, 0.1) is 16.8 Å². The molecular formula is C23H21N3O2S2. The Hall–Kier alpha value is -3.03.